The van der Waals surface area contributed by atoms with Crippen molar-refractivity contribution in [3.8, 4) is 0 Å². The van der Waals surface area contributed by atoms with Gasteiger partial charge in [0.1, 0.15) is 12.6 Å². The van der Waals surface area contributed by atoms with E-state index in [1.165, 1.54) is 0 Å². The number of carboxylic acids is 1. The highest BCUT2D eigenvalue weighted by molar-refractivity contribution is 5.83. The SMILES string of the molecule is CC(C)CC(NC(=O)Cn1c(=O)[nH]c2ccccc2c1=O)C(=O)O. The predicted molar refractivity (Wildman–Crippen MR) is 87.9 cm³/mol. The van der Waals surface area contributed by atoms with Gasteiger partial charge in [-0.15, -0.1) is 0 Å². The highest BCUT2D eigenvalue weighted by Gasteiger charge is 2.22. The minimum absolute atomic E-state index is 0.0678. The third-order valence-electron chi connectivity index (χ3n) is 3.53. The largest absolute Gasteiger partial charge is 0.480 e. The van der Waals surface area contributed by atoms with Crippen molar-refractivity contribution < 1.29 is 14.7 Å². The van der Waals surface area contributed by atoms with Gasteiger partial charge in [0.15, 0.2) is 0 Å². The summed E-state index contributed by atoms with van der Waals surface area (Å²) >= 11 is 0. The molecule has 0 aliphatic carbocycles. The van der Waals surface area contributed by atoms with Crippen LogP contribution in [0.5, 0.6) is 0 Å². The minimum atomic E-state index is -1.16. The molecular formula is C16H19N3O5. The van der Waals surface area contributed by atoms with Crippen molar-refractivity contribution in [3.05, 3.63) is 45.1 Å². The van der Waals surface area contributed by atoms with Crippen molar-refractivity contribution in [3.63, 3.8) is 0 Å². The van der Waals surface area contributed by atoms with Crippen LogP contribution in [-0.2, 0) is 16.1 Å². The van der Waals surface area contributed by atoms with Crippen LogP contribution in [0, 0.1) is 5.92 Å². The van der Waals surface area contributed by atoms with Gasteiger partial charge in [-0.3, -0.25) is 14.2 Å². The Balaban J connectivity index is 2.26. The molecule has 0 bridgehead atoms. The lowest BCUT2D eigenvalue weighted by atomic mass is 10.0. The molecule has 2 aromatic rings. The first-order valence-corrected chi connectivity index (χ1v) is 7.53. The van der Waals surface area contributed by atoms with Gasteiger partial charge < -0.3 is 15.4 Å². The maximum Gasteiger partial charge on any atom is 0.329 e. The normalized spacial score (nSPS) is 12.3. The second-order valence-electron chi connectivity index (χ2n) is 5.95. The van der Waals surface area contributed by atoms with E-state index in [-0.39, 0.29) is 17.7 Å². The molecule has 1 amide bonds. The molecule has 1 atom stereocenters. The number of amides is 1. The number of carbonyl (C=O) groups excluding carboxylic acids is 1. The van der Waals surface area contributed by atoms with Crippen molar-refractivity contribution in [2.75, 3.05) is 0 Å². The summed E-state index contributed by atoms with van der Waals surface area (Å²) in [6.45, 7) is 3.13. The number of rotatable bonds is 6. The molecule has 2 rings (SSSR count). The summed E-state index contributed by atoms with van der Waals surface area (Å²) in [7, 11) is 0. The minimum Gasteiger partial charge on any atom is -0.480 e. The van der Waals surface area contributed by atoms with Crippen LogP contribution in [0.25, 0.3) is 10.9 Å². The molecule has 1 aromatic heterocycles. The number of hydrogen-bond donors (Lipinski definition) is 3. The molecule has 0 saturated heterocycles. The standard InChI is InChI=1S/C16H19N3O5/c1-9(2)7-12(15(22)23)17-13(20)8-19-14(21)10-5-3-4-6-11(10)18-16(19)24/h3-6,9,12H,7-8H2,1-2H3,(H,17,20)(H,18,24)(H,22,23). The quantitative estimate of drug-likeness (QED) is 0.702. The topological polar surface area (TPSA) is 121 Å². The molecule has 24 heavy (non-hydrogen) atoms. The molecule has 0 aliphatic rings. The Bertz CT molecular complexity index is 881. The van der Waals surface area contributed by atoms with E-state index in [1.54, 1.807) is 24.3 Å². The van der Waals surface area contributed by atoms with E-state index in [0.717, 1.165) is 4.57 Å². The van der Waals surface area contributed by atoms with Crippen LogP contribution in [0.4, 0.5) is 0 Å². The molecule has 0 saturated carbocycles. The molecule has 3 N–H and O–H groups in total. The number of H-pyrrole nitrogens is 1. The number of aromatic amines is 1. The lowest BCUT2D eigenvalue weighted by molar-refractivity contribution is -0.142. The lowest BCUT2D eigenvalue weighted by Gasteiger charge is -2.16. The van der Waals surface area contributed by atoms with Crippen molar-refractivity contribution >= 4 is 22.8 Å². The Labute approximate surface area is 137 Å². The molecule has 0 spiro atoms. The molecule has 128 valence electrons. The van der Waals surface area contributed by atoms with Gasteiger partial charge in [-0.2, -0.15) is 0 Å². The van der Waals surface area contributed by atoms with Crippen LogP contribution in [0.15, 0.2) is 33.9 Å². The number of hydrogen-bond acceptors (Lipinski definition) is 4. The summed E-state index contributed by atoms with van der Waals surface area (Å²) in [4.78, 5) is 50.1. The van der Waals surface area contributed by atoms with Crippen LogP contribution in [-0.4, -0.2) is 32.6 Å². The highest BCUT2D eigenvalue weighted by Crippen LogP contribution is 2.05. The van der Waals surface area contributed by atoms with Gasteiger partial charge in [0.25, 0.3) is 5.56 Å². The van der Waals surface area contributed by atoms with Crippen molar-refractivity contribution in [2.24, 2.45) is 5.92 Å². The fourth-order valence-electron chi connectivity index (χ4n) is 2.42. The molecule has 8 heteroatoms. The Kier molecular flexibility index (Phi) is 5.18. The average Bonchev–Trinajstić information content (AvgIpc) is 2.50. The molecule has 8 nitrogen and oxygen atoms in total. The van der Waals surface area contributed by atoms with Crippen LogP contribution in [0.3, 0.4) is 0 Å². The third-order valence-corrected chi connectivity index (χ3v) is 3.53. The predicted octanol–water partition coefficient (Wildman–Crippen LogP) is 0.305. The van der Waals surface area contributed by atoms with E-state index in [2.05, 4.69) is 10.3 Å². The first kappa shape index (κ1) is 17.5. The molecule has 1 aromatic carbocycles. The van der Waals surface area contributed by atoms with E-state index in [1.807, 2.05) is 13.8 Å². The van der Waals surface area contributed by atoms with E-state index in [4.69, 9.17) is 5.11 Å². The number of carboxylic acid groups (broad SMARTS) is 1. The Morgan fingerprint density at radius 3 is 2.54 bits per heavy atom. The third kappa shape index (κ3) is 3.89. The number of para-hydroxylation sites is 1. The molecular weight excluding hydrogens is 314 g/mol. The Hall–Kier alpha value is -2.90. The Morgan fingerprint density at radius 1 is 1.25 bits per heavy atom. The van der Waals surface area contributed by atoms with E-state index < -0.39 is 35.7 Å². The number of benzene rings is 1. The first-order chi connectivity index (χ1) is 11.3. The lowest BCUT2D eigenvalue weighted by Crippen LogP contribution is -2.46. The number of aliphatic carboxylic acids is 1. The summed E-state index contributed by atoms with van der Waals surface area (Å²) < 4.78 is 0.756. The van der Waals surface area contributed by atoms with Crippen molar-refractivity contribution in [1.29, 1.82) is 0 Å². The van der Waals surface area contributed by atoms with Gasteiger partial charge >= 0.3 is 11.7 Å². The smallest absolute Gasteiger partial charge is 0.329 e. The highest BCUT2D eigenvalue weighted by atomic mass is 16.4. The van der Waals surface area contributed by atoms with Crippen molar-refractivity contribution in [2.45, 2.75) is 32.9 Å². The molecule has 1 heterocycles. The second kappa shape index (κ2) is 7.12. The van der Waals surface area contributed by atoms with Gasteiger partial charge in [-0.25, -0.2) is 9.59 Å². The Morgan fingerprint density at radius 2 is 1.92 bits per heavy atom. The zero-order valence-electron chi connectivity index (χ0n) is 13.4. The zero-order valence-corrected chi connectivity index (χ0v) is 13.4. The van der Waals surface area contributed by atoms with Crippen molar-refractivity contribution in [1.82, 2.24) is 14.9 Å². The van der Waals surface area contributed by atoms with Gasteiger partial charge in [0, 0.05) is 0 Å². The van der Waals surface area contributed by atoms with Gasteiger partial charge in [0.2, 0.25) is 5.91 Å². The molecule has 0 radical (unpaired) electrons. The van der Waals surface area contributed by atoms with E-state index in [9.17, 15) is 19.2 Å². The summed E-state index contributed by atoms with van der Waals surface area (Å²) in [5.41, 5.74) is -0.933. The van der Waals surface area contributed by atoms with Crippen LogP contribution in [0.1, 0.15) is 20.3 Å². The molecule has 0 aliphatic heterocycles. The summed E-state index contributed by atoms with van der Waals surface area (Å²) in [5.74, 6) is -1.79. The zero-order chi connectivity index (χ0) is 17.9. The number of fused-ring (bicyclic) bond motifs is 1. The van der Waals surface area contributed by atoms with Crippen LogP contribution < -0.4 is 16.6 Å². The first-order valence-electron chi connectivity index (χ1n) is 7.53. The number of carbonyl (C=O) groups is 2. The number of aromatic nitrogens is 2. The summed E-state index contributed by atoms with van der Waals surface area (Å²) in [6.07, 6.45) is 0.254. The number of nitrogens with one attached hydrogen (secondary N) is 2. The second-order valence-corrected chi connectivity index (χ2v) is 5.95. The maximum atomic E-state index is 12.3. The van der Waals surface area contributed by atoms with Gasteiger partial charge in [0.05, 0.1) is 10.9 Å². The monoisotopic (exact) mass is 333 g/mol. The summed E-state index contributed by atoms with van der Waals surface area (Å²) in [6, 6.07) is 5.40. The van der Waals surface area contributed by atoms with Crippen LogP contribution >= 0.6 is 0 Å². The fraction of sp³-hybridized carbons (Fsp3) is 0.375. The van der Waals surface area contributed by atoms with E-state index >= 15 is 0 Å². The fourth-order valence-corrected chi connectivity index (χ4v) is 2.42. The number of nitrogens with zero attached hydrogens (tertiary/aromatic N) is 1. The van der Waals surface area contributed by atoms with Gasteiger partial charge in [-0.1, -0.05) is 26.0 Å². The van der Waals surface area contributed by atoms with Crippen LogP contribution in [0.2, 0.25) is 0 Å². The summed E-state index contributed by atoms with van der Waals surface area (Å²) in [5, 5.41) is 11.8. The van der Waals surface area contributed by atoms with E-state index in [0.29, 0.717) is 5.52 Å². The maximum absolute atomic E-state index is 12.3. The average molecular weight is 333 g/mol. The molecule has 0 fully saturated rings. The van der Waals surface area contributed by atoms with Gasteiger partial charge in [-0.05, 0) is 24.5 Å². The molecule has 1 unspecified atom stereocenters.